The van der Waals surface area contributed by atoms with E-state index in [0.717, 1.165) is 57.8 Å². The molecule has 0 aromatic rings. The van der Waals surface area contributed by atoms with E-state index < -0.39 is 28.1 Å². The first-order valence-electron chi connectivity index (χ1n) is 19.5. The van der Waals surface area contributed by atoms with Crippen LogP contribution in [0.1, 0.15) is 133 Å². The molecule has 51 heavy (non-hydrogen) atoms. The first kappa shape index (κ1) is 40.0. The number of rotatable bonds is 9. The largest absolute Gasteiger partial charge is 0.459 e. The van der Waals surface area contributed by atoms with Gasteiger partial charge in [-0.25, -0.2) is 0 Å². The fourth-order valence-electron chi connectivity index (χ4n) is 9.18. The van der Waals surface area contributed by atoms with Crippen molar-refractivity contribution in [2.75, 3.05) is 19.8 Å². The van der Waals surface area contributed by atoms with E-state index in [1.165, 1.54) is 6.42 Å². The summed E-state index contributed by atoms with van der Waals surface area (Å²) in [6.07, 6.45) is 8.87. The highest BCUT2D eigenvalue weighted by Gasteiger charge is 2.63. The van der Waals surface area contributed by atoms with Gasteiger partial charge in [0.2, 0.25) is 6.29 Å². The normalized spacial score (nSPS) is 37.4. The van der Waals surface area contributed by atoms with Crippen LogP contribution in [0, 0.1) is 45.8 Å². The van der Waals surface area contributed by atoms with E-state index in [2.05, 4.69) is 0 Å². The molecule has 1 N–H and O–H groups in total. The van der Waals surface area contributed by atoms with Crippen LogP contribution < -0.4 is 0 Å². The Hall–Kier alpha value is -2.24. The van der Waals surface area contributed by atoms with Crippen LogP contribution >= 0.6 is 0 Å². The number of hydrogen-bond donors (Lipinski definition) is 1. The van der Waals surface area contributed by atoms with Crippen LogP contribution in [0.25, 0.3) is 0 Å². The number of hydrogen-bond acceptors (Lipinski definition) is 11. The van der Waals surface area contributed by atoms with Crippen LogP contribution in [-0.2, 0) is 47.6 Å². The molecular formula is C40H64O11. The average Bonchev–Trinajstić information content (AvgIpc) is 3.70. The topological polar surface area (TPSA) is 144 Å². The van der Waals surface area contributed by atoms with E-state index in [0.29, 0.717) is 49.9 Å². The van der Waals surface area contributed by atoms with E-state index in [4.69, 9.17) is 28.4 Å². The van der Waals surface area contributed by atoms with Gasteiger partial charge in [0, 0.05) is 18.3 Å². The molecule has 0 aromatic carbocycles. The van der Waals surface area contributed by atoms with Gasteiger partial charge in [0.05, 0.1) is 41.0 Å². The maximum absolute atomic E-state index is 12.4. The fourth-order valence-corrected chi connectivity index (χ4v) is 9.18. The van der Waals surface area contributed by atoms with Crippen molar-refractivity contribution in [2.24, 2.45) is 45.8 Å². The van der Waals surface area contributed by atoms with Gasteiger partial charge in [-0.05, 0) is 118 Å². The highest BCUT2D eigenvalue weighted by molar-refractivity contribution is 5.78. The molecule has 290 valence electrons. The minimum Gasteiger partial charge on any atom is -0.459 e. The van der Waals surface area contributed by atoms with Crippen molar-refractivity contribution < 1.29 is 52.7 Å². The predicted molar refractivity (Wildman–Crippen MR) is 187 cm³/mol. The summed E-state index contributed by atoms with van der Waals surface area (Å²) in [7, 11) is 0. The molecule has 6 saturated carbocycles. The summed E-state index contributed by atoms with van der Waals surface area (Å²) in [5, 5.41) is 10.6. The molecule has 0 amide bonds. The van der Waals surface area contributed by atoms with E-state index in [9.17, 15) is 24.3 Å². The van der Waals surface area contributed by atoms with Crippen molar-refractivity contribution in [3.63, 3.8) is 0 Å². The standard InChI is InChI=1S/C16H26O3.C14H20O4.C10H18O4/c1-4-14(2,3)13(17)19-16-8-11-5-12(9-16)7-15(18,6-11)10-16;1-4-14(2,3)13(16)18-10-7-5-8-9(6-7)12(15)17-11(8)10;1-4-10(2,3)9(11)14-8-7-12-5-6-13-8/h11-12,18H,4-10H2,1-3H3;7-11H,4-6H2,1-3H3;8H,4-7H2,1-3H3. The lowest BCUT2D eigenvalue weighted by Crippen LogP contribution is -2.61. The number of ether oxygens (including phenoxy) is 6. The minimum atomic E-state index is -0.555. The number of carbonyl (C=O) groups is 4. The molecule has 8 aliphatic rings. The zero-order chi connectivity index (χ0) is 37.6. The molecule has 8 unspecified atom stereocenters. The quantitative estimate of drug-likeness (QED) is 0.212. The molecule has 0 aromatic heterocycles. The van der Waals surface area contributed by atoms with Crippen LogP contribution in [0.15, 0.2) is 0 Å². The van der Waals surface area contributed by atoms with Crippen LogP contribution in [0.4, 0.5) is 0 Å². The monoisotopic (exact) mass is 720 g/mol. The highest BCUT2D eigenvalue weighted by Crippen LogP contribution is 2.59. The van der Waals surface area contributed by atoms with Gasteiger partial charge in [-0.2, -0.15) is 0 Å². The Kier molecular flexibility index (Phi) is 11.7. The molecule has 2 aliphatic heterocycles. The van der Waals surface area contributed by atoms with Gasteiger partial charge in [0.15, 0.2) is 0 Å². The molecule has 8 atom stereocenters. The molecule has 2 saturated heterocycles. The number of esters is 4. The van der Waals surface area contributed by atoms with E-state index >= 15 is 0 Å². The first-order valence-corrected chi connectivity index (χ1v) is 19.5. The number of fused-ring (bicyclic) bond motifs is 1. The predicted octanol–water partition coefficient (Wildman–Crippen LogP) is 6.30. The molecule has 8 rings (SSSR count). The van der Waals surface area contributed by atoms with Gasteiger partial charge < -0.3 is 33.5 Å². The van der Waals surface area contributed by atoms with Gasteiger partial charge in [-0.1, -0.05) is 20.8 Å². The van der Waals surface area contributed by atoms with Gasteiger partial charge >= 0.3 is 23.9 Å². The van der Waals surface area contributed by atoms with Crippen molar-refractivity contribution in [3.05, 3.63) is 0 Å². The summed E-state index contributed by atoms with van der Waals surface area (Å²) in [5.74, 6) is 1.26. The zero-order valence-electron chi connectivity index (χ0n) is 32.5. The van der Waals surface area contributed by atoms with Crippen molar-refractivity contribution >= 4 is 23.9 Å². The van der Waals surface area contributed by atoms with Crippen LogP contribution in [-0.4, -0.2) is 78.5 Å². The lowest BCUT2D eigenvalue weighted by molar-refractivity contribution is -0.225. The Labute approximate surface area is 304 Å². The van der Waals surface area contributed by atoms with Crippen LogP contribution in [0.2, 0.25) is 0 Å². The molecule has 6 bridgehead atoms. The Bertz CT molecular complexity index is 1280. The fraction of sp³-hybridized carbons (Fsp3) is 0.900. The van der Waals surface area contributed by atoms with Crippen molar-refractivity contribution in [1.29, 1.82) is 0 Å². The Morgan fingerprint density at radius 1 is 0.784 bits per heavy atom. The summed E-state index contributed by atoms with van der Waals surface area (Å²) in [6.45, 7) is 18.8. The lowest BCUT2D eigenvalue weighted by atomic mass is 9.52. The van der Waals surface area contributed by atoms with Gasteiger partial charge in [-0.3, -0.25) is 19.2 Å². The molecule has 11 nitrogen and oxygen atoms in total. The summed E-state index contributed by atoms with van der Waals surface area (Å²) < 4.78 is 32.5. The van der Waals surface area contributed by atoms with Crippen molar-refractivity contribution in [1.82, 2.24) is 0 Å². The summed E-state index contributed by atoms with van der Waals surface area (Å²) >= 11 is 0. The molecular weight excluding hydrogens is 656 g/mol. The molecule has 6 aliphatic carbocycles. The number of aliphatic hydroxyl groups is 1. The summed E-state index contributed by atoms with van der Waals surface area (Å²) in [4.78, 5) is 47.7. The van der Waals surface area contributed by atoms with E-state index in [1.807, 2.05) is 62.3 Å². The Morgan fingerprint density at radius 3 is 1.88 bits per heavy atom. The summed E-state index contributed by atoms with van der Waals surface area (Å²) in [5.41, 5.74) is -2.22. The highest BCUT2D eigenvalue weighted by atomic mass is 16.7. The maximum atomic E-state index is 12.4. The van der Waals surface area contributed by atoms with Crippen LogP contribution in [0.3, 0.4) is 0 Å². The Balaban J connectivity index is 0.000000150. The molecule has 8 fully saturated rings. The third-order valence-electron chi connectivity index (χ3n) is 13.3. The van der Waals surface area contributed by atoms with E-state index in [1.54, 1.807) is 0 Å². The van der Waals surface area contributed by atoms with Crippen molar-refractivity contribution in [3.8, 4) is 0 Å². The third-order valence-corrected chi connectivity index (χ3v) is 13.3. The second-order valence-electron chi connectivity index (χ2n) is 18.5. The number of carbonyl (C=O) groups excluding carboxylic acids is 4. The molecule has 2 heterocycles. The van der Waals surface area contributed by atoms with Gasteiger partial charge in [0.25, 0.3) is 0 Å². The average molecular weight is 721 g/mol. The molecule has 0 spiro atoms. The zero-order valence-corrected chi connectivity index (χ0v) is 32.5. The van der Waals surface area contributed by atoms with Crippen LogP contribution in [0.5, 0.6) is 0 Å². The lowest BCUT2D eigenvalue weighted by Gasteiger charge is -2.59. The van der Waals surface area contributed by atoms with E-state index in [-0.39, 0.29) is 47.6 Å². The SMILES string of the molecule is CCC(C)(C)C(=O)OC12CC3CC(CC(O)(C3)C1)C2.CCC(C)(C)C(=O)OC1C2CC3C(=O)OC1C3C2.CCC(C)(C)C(=O)OC1COCCO1. The smallest absolute Gasteiger partial charge is 0.313 e. The second kappa shape index (κ2) is 14.9. The third kappa shape index (κ3) is 8.61. The van der Waals surface area contributed by atoms with Gasteiger partial charge in [0.1, 0.15) is 24.4 Å². The maximum Gasteiger partial charge on any atom is 0.313 e. The van der Waals surface area contributed by atoms with Gasteiger partial charge in [-0.15, -0.1) is 0 Å². The minimum absolute atomic E-state index is 0.0779. The van der Waals surface area contributed by atoms with Crippen molar-refractivity contribution in [2.45, 2.75) is 163 Å². The second-order valence-corrected chi connectivity index (χ2v) is 18.5. The first-order chi connectivity index (χ1) is 23.8. The summed E-state index contributed by atoms with van der Waals surface area (Å²) in [6, 6.07) is 0. The molecule has 11 heteroatoms. The Morgan fingerprint density at radius 2 is 1.35 bits per heavy atom. The molecule has 0 radical (unpaired) electrons.